The van der Waals surface area contributed by atoms with E-state index in [4.69, 9.17) is 11.5 Å². The van der Waals surface area contributed by atoms with Gasteiger partial charge in [-0.3, -0.25) is 0 Å². The van der Waals surface area contributed by atoms with Gasteiger partial charge in [-0.25, -0.2) is 0 Å². The molecule has 0 fully saturated rings. The maximum Gasteiger partial charge on any atom is 0.0964 e. The Morgan fingerprint density at radius 3 is 1.27 bits per heavy atom. The van der Waals surface area contributed by atoms with Crippen LogP contribution < -0.4 is 11.5 Å². The van der Waals surface area contributed by atoms with E-state index in [2.05, 4.69) is 147 Å². The summed E-state index contributed by atoms with van der Waals surface area (Å²) in [5.74, 6) is 0. The first-order valence-corrected chi connectivity index (χ1v) is 15.1. The number of hydrogen-bond donors (Lipinski definition) is 2. The smallest absolute Gasteiger partial charge is 0.0964 e. The second-order valence-electron chi connectivity index (χ2n) is 11.5. The summed E-state index contributed by atoms with van der Waals surface area (Å²) in [6.45, 7) is 0. The van der Waals surface area contributed by atoms with Gasteiger partial charge >= 0.3 is 0 Å². The lowest BCUT2D eigenvalue weighted by molar-refractivity contribution is 1.07. The Bertz CT molecular complexity index is 2550. The average molecular weight is 580 g/mol. The molecule has 5 nitrogen and oxygen atoms in total. The number of nitrogens with zero attached hydrogens (tertiary/aromatic N) is 3. The van der Waals surface area contributed by atoms with Crippen LogP contribution in [0.2, 0.25) is 0 Å². The molecule has 5 heteroatoms. The SMILES string of the molecule is Nc1c(-c2c(N)c3ccccc3n2-c2ccc3c(c2)c2ccccc2n3-c2ccccc2)n(-c2ccccc2)c2ccccc12. The highest BCUT2D eigenvalue weighted by Crippen LogP contribution is 2.46. The normalized spacial score (nSPS) is 11.7. The standard InChI is InChI=1S/C40H29N5/c41-37-30-18-8-11-21-34(30)44(27-15-5-2-6-16-27)39(37)40-38(42)31-19-9-12-22-35(31)45(40)28-23-24-36-32(25-28)29-17-7-10-20-33(29)43(36)26-13-3-1-4-14-26/h1-25H,41-42H2. The third-order valence-electron chi connectivity index (χ3n) is 9.00. The van der Waals surface area contributed by atoms with Gasteiger partial charge in [-0.1, -0.05) is 91.0 Å². The monoisotopic (exact) mass is 579 g/mol. The van der Waals surface area contributed by atoms with E-state index in [0.29, 0.717) is 11.4 Å². The molecule has 6 aromatic carbocycles. The van der Waals surface area contributed by atoms with Crippen molar-refractivity contribution in [2.45, 2.75) is 0 Å². The Balaban J connectivity index is 1.40. The Labute approximate surface area is 259 Å². The predicted octanol–water partition coefficient (Wildman–Crippen LogP) is 9.50. The lowest BCUT2D eigenvalue weighted by atomic mass is 10.1. The second kappa shape index (κ2) is 9.66. The van der Waals surface area contributed by atoms with Crippen molar-refractivity contribution < 1.29 is 0 Å². The summed E-state index contributed by atoms with van der Waals surface area (Å²) < 4.78 is 6.86. The molecule has 4 N–H and O–H groups in total. The highest BCUT2D eigenvalue weighted by Gasteiger charge is 2.26. The van der Waals surface area contributed by atoms with Crippen molar-refractivity contribution in [3.8, 4) is 28.5 Å². The lowest BCUT2D eigenvalue weighted by Gasteiger charge is -2.16. The molecule has 0 radical (unpaired) electrons. The van der Waals surface area contributed by atoms with Gasteiger partial charge in [0.25, 0.3) is 0 Å². The Morgan fingerprint density at radius 2 is 0.711 bits per heavy atom. The number of benzene rings is 6. The summed E-state index contributed by atoms with van der Waals surface area (Å²) in [6, 6.07) is 52.9. The number of fused-ring (bicyclic) bond motifs is 5. The number of nitrogen functional groups attached to an aromatic ring is 2. The van der Waals surface area contributed by atoms with Crippen molar-refractivity contribution in [1.82, 2.24) is 13.7 Å². The first kappa shape index (κ1) is 25.3. The van der Waals surface area contributed by atoms with E-state index in [-0.39, 0.29) is 0 Å². The van der Waals surface area contributed by atoms with Crippen LogP contribution in [0.15, 0.2) is 152 Å². The Kier molecular flexibility index (Phi) is 5.43. The van der Waals surface area contributed by atoms with Gasteiger partial charge in [0, 0.05) is 38.6 Å². The van der Waals surface area contributed by atoms with Crippen molar-refractivity contribution >= 4 is 55.0 Å². The van der Waals surface area contributed by atoms with E-state index in [1.54, 1.807) is 0 Å². The van der Waals surface area contributed by atoms with Crippen LogP contribution in [0.4, 0.5) is 11.4 Å². The minimum absolute atomic E-state index is 0.698. The Hall–Kier alpha value is -6.20. The number of hydrogen-bond acceptors (Lipinski definition) is 2. The molecule has 3 heterocycles. The van der Waals surface area contributed by atoms with Crippen molar-refractivity contribution in [2.24, 2.45) is 0 Å². The predicted molar refractivity (Wildman–Crippen MR) is 189 cm³/mol. The summed E-state index contributed by atoms with van der Waals surface area (Å²) in [5.41, 5.74) is 24.9. The third kappa shape index (κ3) is 3.61. The van der Waals surface area contributed by atoms with Crippen molar-refractivity contribution in [3.05, 3.63) is 152 Å². The van der Waals surface area contributed by atoms with Gasteiger partial charge in [-0.2, -0.15) is 0 Å². The molecular weight excluding hydrogens is 550 g/mol. The van der Waals surface area contributed by atoms with Crippen LogP contribution >= 0.6 is 0 Å². The zero-order chi connectivity index (χ0) is 30.1. The molecule has 0 saturated carbocycles. The van der Waals surface area contributed by atoms with Crippen LogP contribution in [0.25, 0.3) is 72.1 Å². The average Bonchev–Trinajstić information content (AvgIpc) is 3.70. The topological polar surface area (TPSA) is 66.8 Å². The van der Waals surface area contributed by atoms with Gasteiger partial charge in [0.2, 0.25) is 0 Å². The van der Waals surface area contributed by atoms with Gasteiger partial charge in [-0.05, 0) is 60.7 Å². The van der Waals surface area contributed by atoms with Crippen molar-refractivity contribution in [1.29, 1.82) is 0 Å². The zero-order valence-electron chi connectivity index (χ0n) is 24.4. The largest absolute Gasteiger partial charge is 0.396 e. The number of rotatable bonds is 4. The molecule has 0 aliphatic carbocycles. The molecular formula is C40H29N5. The van der Waals surface area contributed by atoms with E-state index in [9.17, 15) is 0 Å². The summed E-state index contributed by atoms with van der Waals surface area (Å²) in [4.78, 5) is 0. The van der Waals surface area contributed by atoms with Crippen LogP contribution in [-0.2, 0) is 0 Å². The second-order valence-corrected chi connectivity index (χ2v) is 11.5. The van der Waals surface area contributed by atoms with E-state index < -0.39 is 0 Å². The van der Waals surface area contributed by atoms with Crippen LogP contribution in [0, 0.1) is 0 Å². The molecule has 0 spiro atoms. The number of anilines is 2. The molecule has 9 aromatic rings. The zero-order valence-corrected chi connectivity index (χ0v) is 24.4. The fraction of sp³-hybridized carbons (Fsp3) is 0. The number of para-hydroxylation sites is 5. The molecule has 0 aliphatic rings. The first-order valence-electron chi connectivity index (χ1n) is 15.1. The molecule has 0 amide bonds. The van der Waals surface area contributed by atoms with Gasteiger partial charge < -0.3 is 25.2 Å². The Morgan fingerprint density at radius 1 is 0.311 bits per heavy atom. The molecule has 9 rings (SSSR count). The molecule has 0 atom stereocenters. The van der Waals surface area contributed by atoms with Crippen molar-refractivity contribution in [2.75, 3.05) is 11.5 Å². The number of aromatic nitrogens is 3. The molecule has 0 saturated heterocycles. The summed E-state index contributed by atoms with van der Waals surface area (Å²) in [7, 11) is 0. The molecule has 0 unspecified atom stereocenters. The third-order valence-corrected chi connectivity index (χ3v) is 9.00. The molecule has 0 aliphatic heterocycles. The summed E-state index contributed by atoms with van der Waals surface area (Å²) >= 11 is 0. The van der Waals surface area contributed by atoms with Gasteiger partial charge in [-0.15, -0.1) is 0 Å². The molecule has 0 bridgehead atoms. The fourth-order valence-electron chi connectivity index (χ4n) is 7.07. The van der Waals surface area contributed by atoms with Gasteiger partial charge in [0.15, 0.2) is 0 Å². The van der Waals surface area contributed by atoms with Crippen LogP contribution in [-0.4, -0.2) is 13.7 Å². The van der Waals surface area contributed by atoms with E-state index in [1.165, 1.54) is 16.3 Å². The van der Waals surface area contributed by atoms with Gasteiger partial charge in [0.1, 0.15) is 0 Å². The van der Waals surface area contributed by atoms with E-state index >= 15 is 0 Å². The number of nitrogens with two attached hydrogens (primary N) is 2. The highest BCUT2D eigenvalue weighted by atomic mass is 15.1. The fourth-order valence-corrected chi connectivity index (χ4v) is 7.07. The van der Waals surface area contributed by atoms with E-state index in [1.807, 2.05) is 18.2 Å². The van der Waals surface area contributed by atoms with Crippen LogP contribution in [0.5, 0.6) is 0 Å². The highest BCUT2D eigenvalue weighted by molar-refractivity contribution is 6.12. The molecule has 214 valence electrons. The maximum absolute atomic E-state index is 7.14. The van der Waals surface area contributed by atoms with E-state index in [0.717, 1.165) is 55.8 Å². The summed E-state index contributed by atoms with van der Waals surface area (Å²) in [6.07, 6.45) is 0. The van der Waals surface area contributed by atoms with Crippen molar-refractivity contribution in [3.63, 3.8) is 0 Å². The minimum atomic E-state index is 0.698. The lowest BCUT2D eigenvalue weighted by Crippen LogP contribution is -2.05. The molecule has 45 heavy (non-hydrogen) atoms. The van der Waals surface area contributed by atoms with Crippen LogP contribution in [0.1, 0.15) is 0 Å². The quantitative estimate of drug-likeness (QED) is 0.218. The minimum Gasteiger partial charge on any atom is -0.396 e. The first-order chi connectivity index (χ1) is 22.2. The van der Waals surface area contributed by atoms with Crippen LogP contribution in [0.3, 0.4) is 0 Å². The summed E-state index contributed by atoms with van der Waals surface area (Å²) in [5, 5.41) is 4.35. The van der Waals surface area contributed by atoms with Gasteiger partial charge in [0.05, 0.1) is 44.8 Å². The molecule has 3 aromatic heterocycles. The maximum atomic E-state index is 7.14.